The number of fused-ring (bicyclic) bond motifs is 17. The predicted molar refractivity (Wildman–Crippen MR) is 471 cm³/mol. The van der Waals surface area contributed by atoms with E-state index < -0.39 is 161 Å². The Labute approximate surface area is 832 Å². The van der Waals surface area contributed by atoms with E-state index in [0.29, 0.717) is 71.2 Å². The summed E-state index contributed by atoms with van der Waals surface area (Å²) < 4.78 is 165. The van der Waals surface area contributed by atoms with Gasteiger partial charge in [-0.1, -0.05) is 146 Å². The number of benzene rings is 3. The van der Waals surface area contributed by atoms with Gasteiger partial charge in [0.05, 0.1) is 52.7 Å². The molecule has 4 saturated carbocycles. The van der Waals surface area contributed by atoms with Gasteiger partial charge in [0.1, 0.15) is 89.1 Å². The van der Waals surface area contributed by atoms with Gasteiger partial charge in [-0.05, 0) is 196 Å². The topological polar surface area (TPSA) is 360 Å². The summed E-state index contributed by atoms with van der Waals surface area (Å²) in [5.41, 5.74) is 1.13. The first-order chi connectivity index (χ1) is 63.7. The summed E-state index contributed by atoms with van der Waals surface area (Å²) in [6.07, 6.45) is 4.47. The average Bonchev–Trinajstić information content (AvgIpc) is 1.59. The minimum atomic E-state index is -4.87. The Kier molecular flexibility index (Phi) is 35.6. The van der Waals surface area contributed by atoms with Crippen LogP contribution in [0, 0.1) is 63.6 Å². The molecule has 4 aliphatic carbocycles. The first-order valence-electron chi connectivity index (χ1n) is 46.9. The van der Waals surface area contributed by atoms with Crippen molar-refractivity contribution >= 4 is 88.0 Å². The maximum Gasteiger partial charge on any atom is 0.573 e. The van der Waals surface area contributed by atoms with Gasteiger partial charge < -0.3 is 87.7 Å². The number of alkyl halides is 9. The zero-order valence-electron chi connectivity index (χ0n) is 79.0. The summed E-state index contributed by atoms with van der Waals surface area (Å²) in [6, 6.07) is 5.47. The van der Waals surface area contributed by atoms with E-state index in [0.717, 1.165) is 134 Å². The number of nitrogens with one attached hydrogen (secondary N) is 3. The van der Waals surface area contributed by atoms with Gasteiger partial charge in [0.25, 0.3) is 0 Å². The normalized spacial score (nSPS) is 29.2. The first-order valence-corrected chi connectivity index (χ1v) is 46.9. The zero-order chi connectivity index (χ0) is 97.3. The van der Waals surface area contributed by atoms with Gasteiger partial charge in [0.15, 0.2) is 0 Å². The minimum Gasteiger partial charge on any atom is -0.540 e. The SMILES string of the molecule is CC[C@@H]1[C@@H]2CN(C(=O)[C@H](C(C)(C)C)NC(=O)O[C@@H]3CC4CC4[C@H]3CCCCCc3nc4ccc(OC(F)(F)F)cc4nc3O2)[C@@H]1[C-]=O.C[C@@H]1[C@@H]2CN(C(=O)[C@H](C(C)(C)C)NC(=O)O[C@@H]3CCC[C@H]3CCCCCc3nc4ccc(OC(F)(F)F)cc4nc3O2)[C@@H]1[C-]=O.C[C@@H]1[C@@H]2CN(C(=O)[C@H](C(C)(C)C)NC(=O)O[C@@H]3C[C@H]3CCCCCc3nc4ccc(OC(F)(F)F)cc4nc3O2)[C@@H]1[C-]=O.[HH].[V].[V].[V]. The molecule has 0 spiro atoms. The minimum absolute atomic E-state index is 0. The third kappa shape index (κ3) is 27.0. The summed E-state index contributed by atoms with van der Waals surface area (Å²) >= 11 is 0. The number of halogens is 9. The second-order valence-corrected chi connectivity index (χ2v) is 40.6. The molecule has 6 aliphatic heterocycles. The molecular formula is C96H120F9N12O18V3-3. The van der Waals surface area contributed by atoms with Gasteiger partial charge in [-0.3, -0.25) is 14.4 Å². The first kappa shape index (κ1) is 109. The number of carbonyl (C=O) groups excluding carboxylic acids is 9. The van der Waals surface area contributed by atoms with Crippen molar-refractivity contribution in [3.8, 4) is 34.9 Å². The molecular weight excluding hydrogens is 1930 g/mol. The Hall–Kier alpha value is -9.17. The Morgan fingerprint density at radius 1 is 0.377 bits per heavy atom. The number of hydrogen-bond acceptors (Lipinski definition) is 24. The molecule has 9 heterocycles. The predicted octanol–water partition coefficient (Wildman–Crippen LogP) is 16.7. The number of amides is 6. The molecule has 2 unspecified atom stereocenters. The molecule has 42 heteroatoms. The molecule has 6 aromatic rings. The Balaban J connectivity index is 0.000000212. The molecule has 20 atom stereocenters. The molecule has 3 aromatic heterocycles. The van der Waals surface area contributed by atoms with Crippen molar-refractivity contribution < 1.29 is 182 Å². The van der Waals surface area contributed by atoms with Crippen LogP contribution in [0.25, 0.3) is 33.1 Å². The van der Waals surface area contributed by atoms with Crippen LogP contribution in [0.2, 0.25) is 0 Å². The maximum atomic E-state index is 14.2. The fourth-order valence-electron chi connectivity index (χ4n) is 20.2. The van der Waals surface area contributed by atoms with E-state index in [-0.39, 0.29) is 147 Å². The van der Waals surface area contributed by atoms with Crippen molar-refractivity contribution in [2.45, 2.75) is 316 Å². The zero-order valence-corrected chi connectivity index (χ0v) is 83.2. The number of aromatic nitrogens is 6. The van der Waals surface area contributed by atoms with Gasteiger partial charge in [-0.2, -0.15) is 0 Å². The molecule has 3 aromatic carbocycles. The molecule has 6 bridgehead atoms. The van der Waals surface area contributed by atoms with Gasteiger partial charge in [-0.25, -0.2) is 63.1 Å². The van der Waals surface area contributed by atoms with Crippen LogP contribution in [-0.4, -0.2) is 211 Å². The fourth-order valence-corrected chi connectivity index (χ4v) is 20.2. The summed E-state index contributed by atoms with van der Waals surface area (Å²) in [6.45, 7) is 21.8. The van der Waals surface area contributed by atoms with Crippen molar-refractivity contribution in [3.63, 3.8) is 0 Å². The molecule has 138 heavy (non-hydrogen) atoms. The Bertz CT molecular complexity index is 5350. The number of aryl methyl sites for hydroxylation is 3. The molecule has 7 fully saturated rings. The van der Waals surface area contributed by atoms with E-state index in [1.807, 2.05) is 88.1 Å². The van der Waals surface area contributed by atoms with Gasteiger partial charge in [0, 0.05) is 75.3 Å². The number of alkyl carbamates (subject to hydrolysis) is 3. The van der Waals surface area contributed by atoms with E-state index in [1.54, 1.807) is 13.8 Å². The molecule has 6 amide bonds. The summed E-state index contributed by atoms with van der Waals surface area (Å²) in [4.78, 5) is 150. The summed E-state index contributed by atoms with van der Waals surface area (Å²) in [7, 11) is 0. The molecule has 30 nitrogen and oxygen atoms in total. The van der Waals surface area contributed by atoms with Crippen molar-refractivity contribution in [2.75, 3.05) is 19.6 Å². The van der Waals surface area contributed by atoms with Gasteiger partial charge in [0.2, 0.25) is 35.4 Å². The van der Waals surface area contributed by atoms with E-state index in [1.165, 1.54) is 51.1 Å². The quantitative estimate of drug-likeness (QED) is 0.0759. The smallest absolute Gasteiger partial charge is 0.540 e. The van der Waals surface area contributed by atoms with Crippen molar-refractivity contribution in [1.29, 1.82) is 0 Å². The number of rotatable bonds is 7. The van der Waals surface area contributed by atoms with E-state index in [4.69, 9.17) is 38.4 Å². The van der Waals surface area contributed by atoms with Crippen molar-refractivity contribution in [1.82, 2.24) is 60.6 Å². The molecule has 753 valence electrons. The van der Waals surface area contributed by atoms with E-state index in [9.17, 15) is 82.7 Å². The van der Waals surface area contributed by atoms with Crippen LogP contribution in [0.5, 0.6) is 34.9 Å². The Morgan fingerprint density at radius 2 is 0.717 bits per heavy atom. The second-order valence-electron chi connectivity index (χ2n) is 40.6. The van der Waals surface area contributed by atoms with Crippen LogP contribution in [0.3, 0.4) is 0 Å². The molecule has 10 aliphatic rings. The number of hydrogen-bond donors (Lipinski definition) is 3. The summed E-state index contributed by atoms with van der Waals surface area (Å²) in [5.74, 6) is -1.88. The standard InChI is InChI=1S/C34H42F3N4O6.C32H40F3N4O6.C30H36F3N4O6.3V.H2/c1-5-20-26(17-42)41-16-28(20)45-30-24(38-23-12-11-19(15-25(23)39-30)47-34(35,36)37)10-8-6-7-9-21-22-13-18(22)14-27(21)46-32(44)40-29(31(41)43)33(2,3)4;1-18-24(17-40)39-16-26(18)43-28-22(36-21-14-13-20(15-23(21)37-28)45-32(33,34)35)11-7-5-6-9-19-10-8-12-25(19)44-30(42)38-27(29(39)41)31(2,3)4;1-16-22(15-38)37-14-24(16)41-26-20(34-19-11-10-18(13-21(19)35-26)43-30(31,32)33)9-7-5-6-8-17-12-23(17)42-28(40)36-25(27(37)39)29(2,3)4;;;;/h11-12,15,18,20-22,26-29H,5-10,13-14,16H2,1-4H3,(H,40,44);13-15,18-19,24-27H,5-12,16H2,1-4H3,(H,38,42);10-11,13,16-17,22-25H,5-9,12,14H2,1-4H3,(H,36,40);;;;1H/q3*-1;;;;/t18?,20-,21+,22?,26+,27+,28-,29+;18-,19+,24+,25+,26-,27+;16-,17+,22+,23+,24-,25+;;;;/m000..../s1. The number of nitrogens with zero attached hydrogens (tertiary/aromatic N) is 9. The van der Waals surface area contributed by atoms with Crippen LogP contribution >= 0.6 is 0 Å². The maximum absolute atomic E-state index is 14.2. The van der Waals surface area contributed by atoms with Crippen LogP contribution < -0.4 is 44.4 Å². The summed E-state index contributed by atoms with van der Waals surface area (Å²) in [5, 5.41) is 8.35. The molecule has 3 N–H and O–H groups in total. The molecule has 3 saturated heterocycles. The van der Waals surface area contributed by atoms with E-state index >= 15 is 0 Å². The van der Waals surface area contributed by atoms with Crippen molar-refractivity contribution in [3.05, 3.63) is 71.7 Å². The van der Waals surface area contributed by atoms with Gasteiger partial charge >= 0.3 is 37.4 Å². The number of carbonyl (C=O) groups is 6. The van der Waals surface area contributed by atoms with E-state index in [2.05, 4.69) is 50.1 Å². The van der Waals surface area contributed by atoms with Crippen LogP contribution in [0.4, 0.5) is 53.9 Å². The third-order valence-corrected chi connectivity index (χ3v) is 27.7. The number of ether oxygens (including phenoxy) is 9. The third-order valence-electron chi connectivity index (χ3n) is 27.7. The largest absolute Gasteiger partial charge is 0.573 e. The van der Waals surface area contributed by atoms with Crippen LogP contribution in [0.15, 0.2) is 54.6 Å². The monoisotopic (exact) mass is 2050 g/mol. The molecule has 16 rings (SSSR count). The fraction of sp³-hybridized carbons (Fsp3) is 0.656. The van der Waals surface area contributed by atoms with Crippen molar-refractivity contribution in [2.24, 2.45) is 63.6 Å². The average molecular weight is 2050 g/mol. The Morgan fingerprint density at radius 3 is 1.09 bits per heavy atom. The van der Waals surface area contributed by atoms with Crippen LogP contribution in [-0.2, 0) is 118 Å². The second kappa shape index (κ2) is 45.0. The van der Waals surface area contributed by atoms with Gasteiger partial charge in [-0.15, -0.1) is 39.5 Å². The van der Waals surface area contributed by atoms with Crippen LogP contribution in [0.1, 0.15) is 224 Å². The molecule has 3 radical (unpaired) electrons.